The minimum absolute atomic E-state index is 0.214. The fraction of sp³-hybridized carbons (Fsp3) is 0.222. The van der Waals surface area contributed by atoms with Gasteiger partial charge in [0, 0.05) is 12.1 Å². The molecule has 0 atom stereocenters. The number of amides is 1. The summed E-state index contributed by atoms with van der Waals surface area (Å²) in [6, 6.07) is 3.44. The number of nitrogens with one attached hydrogen (secondary N) is 1. The lowest BCUT2D eigenvalue weighted by Gasteiger charge is -2.05. The highest BCUT2D eigenvalue weighted by Crippen LogP contribution is 2.11. The van der Waals surface area contributed by atoms with Crippen molar-refractivity contribution in [3.63, 3.8) is 0 Å². The summed E-state index contributed by atoms with van der Waals surface area (Å²) < 4.78 is 25.9. The largest absolute Gasteiger partial charge is 0.387 e. The highest BCUT2D eigenvalue weighted by atomic mass is 19.1. The summed E-state index contributed by atoms with van der Waals surface area (Å²) in [6.07, 6.45) is 0. The molecular formula is C9H9F2NO2. The van der Waals surface area contributed by atoms with E-state index in [9.17, 15) is 13.6 Å². The summed E-state index contributed by atoms with van der Waals surface area (Å²) in [7, 11) is 0. The summed E-state index contributed by atoms with van der Waals surface area (Å²) in [5, 5.41) is 10.5. The third kappa shape index (κ3) is 2.50. The number of halogens is 2. The van der Waals surface area contributed by atoms with Crippen LogP contribution in [-0.4, -0.2) is 17.6 Å². The normalized spacial score (nSPS) is 9.93. The average Bonchev–Trinajstić information content (AvgIpc) is 2.16. The summed E-state index contributed by atoms with van der Waals surface area (Å²) in [6.45, 7) is -0.964. The lowest BCUT2D eigenvalue weighted by molar-refractivity contribution is -0.123. The first-order chi connectivity index (χ1) is 6.65. The molecule has 0 radical (unpaired) electrons. The Kier molecular flexibility index (Phi) is 3.53. The Hall–Kier alpha value is -1.49. The zero-order valence-corrected chi connectivity index (χ0v) is 7.26. The molecule has 0 aliphatic rings. The molecule has 0 aromatic heterocycles. The molecule has 1 rings (SSSR count). The molecule has 2 N–H and O–H groups in total. The van der Waals surface area contributed by atoms with Gasteiger partial charge < -0.3 is 10.4 Å². The van der Waals surface area contributed by atoms with Crippen LogP contribution in [0, 0.1) is 11.6 Å². The summed E-state index contributed by atoms with van der Waals surface area (Å²) in [4.78, 5) is 10.6. The smallest absolute Gasteiger partial charge is 0.245 e. The second-order valence-corrected chi connectivity index (χ2v) is 2.64. The van der Waals surface area contributed by atoms with Crippen molar-refractivity contribution in [3.8, 4) is 0 Å². The van der Waals surface area contributed by atoms with Gasteiger partial charge in [0.05, 0.1) is 0 Å². The van der Waals surface area contributed by atoms with Gasteiger partial charge in [-0.25, -0.2) is 8.78 Å². The van der Waals surface area contributed by atoms with Crippen LogP contribution in [-0.2, 0) is 11.3 Å². The van der Waals surface area contributed by atoms with Crippen LogP contribution < -0.4 is 5.32 Å². The van der Waals surface area contributed by atoms with Gasteiger partial charge in [0.15, 0.2) is 0 Å². The molecule has 0 spiro atoms. The summed E-state index contributed by atoms with van der Waals surface area (Å²) >= 11 is 0. The number of hydrogen-bond acceptors (Lipinski definition) is 2. The second-order valence-electron chi connectivity index (χ2n) is 2.64. The van der Waals surface area contributed by atoms with Crippen molar-refractivity contribution in [2.45, 2.75) is 6.54 Å². The number of carbonyl (C=O) groups is 1. The predicted octanol–water partition coefficient (Wildman–Crippen LogP) is 0.573. The van der Waals surface area contributed by atoms with Crippen LogP contribution >= 0.6 is 0 Å². The van der Waals surface area contributed by atoms with E-state index < -0.39 is 24.1 Å². The van der Waals surface area contributed by atoms with Crippen molar-refractivity contribution in [2.75, 3.05) is 6.61 Å². The van der Waals surface area contributed by atoms with E-state index in [1.165, 1.54) is 6.07 Å². The molecule has 0 unspecified atom stereocenters. The Bertz CT molecular complexity index is 321. The standard InChI is InChI=1S/C9H9F2NO2/c10-7-2-1-3-8(11)6(7)4-12-9(14)5-13/h1-3,13H,4-5H2,(H,12,14). The Morgan fingerprint density at radius 1 is 1.36 bits per heavy atom. The first-order valence-electron chi connectivity index (χ1n) is 3.95. The van der Waals surface area contributed by atoms with Gasteiger partial charge in [0.2, 0.25) is 5.91 Å². The minimum atomic E-state index is -0.719. The molecule has 1 aromatic carbocycles. The van der Waals surface area contributed by atoms with Crippen LogP contribution in [0.4, 0.5) is 8.78 Å². The van der Waals surface area contributed by atoms with Gasteiger partial charge in [0.25, 0.3) is 0 Å². The molecule has 0 aliphatic carbocycles. The van der Waals surface area contributed by atoms with E-state index in [1.807, 2.05) is 0 Å². The summed E-state index contributed by atoms with van der Waals surface area (Å²) in [5.74, 6) is -2.11. The molecule has 0 heterocycles. The quantitative estimate of drug-likeness (QED) is 0.751. The number of aliphatic hydroxyl groups is 1. The second kappa shape index (κ2) is 4.66. The van der Waals surface area contributed by atoms with Crippen LogP contribution in [0.15, 0.2) is 18.2 Å². The molecule has 0 fully saturated rings. The molecule has 3 nitrogen and oxygen atoms in total. The van der Waals surface area contributed by atoms with Crippen molar-refractivity contribution in [3.05, 3.63) is 35.4 Å². The zero-order chi connectivity index (χ0) is 10.6. The SMILES string of the molecule is O=C(CO)NCc1c(F)cccc1F. The number of benzene rings is 1. The zero-order valence-electron chi connectivity index (χ0n) is 7.26. The molecule has 14 heavy (non-hydrogen) atoms. The predicted molar refractivity (Wildman–Crippen MR) is 45.3 cm³/mol. The Labute approximate surface area is 79.4 Å². The molecule has 1 amide bonds. The van der Waals surface area contributed by atoms with Crippen LogP contribution in [0.3, 0.4) is 0 Å². The van der Waals surface area contributed by atoms with Crippen molar-refractivity contribution in [1.82, 2.24) is 5.32 Å². The number of carbonyl (C=O) groups excluding carboxylic acids is 1. The minimum Gasteiger partial charge on any atom is -0.387 e. The Morgan fingerprint density at radius 3 is 2.43 bits per heavy atom. The van der Waals surface area contributed by atoms with E-state index in [0.29, 0.717) is 0 Å². The van der Waals surface area contributed by atoms with E-state index in [0.717, 1.165) is 12.1 Å². The van der Waals surface area contributed by atoms with Crippen molar-refractivity contribution in [1.29, 1.82) is 0 Å². The first-order valence-corrected chi connectivity index (χ1v) is 3.95. The first kappa shape index (κ1) is 10.6. The maximum atomic E-state index is 13.0. The van der Waals surface area contributed by atoms with Crippen LogP contribution in [0.5, 0.6) is 0 Å². The van der Waals surface area contributed by atoms with Crippen LogP contribution in [0.1, 0.15) is 5.56 Å². The summed E-state index contributed by atoms with van der Waals surface area (Å²) in [5.41, 5.74) is -0.214. The number of aliphatic hydroxyl groups excluding tert-OH is 1. The highest BCUT2D eigenvalue weighted by Gasteiger charge is 2.08. The molecule has 5 heteroatoms. The fourth-order valence-electron chi connectivity index (χ4n) is 0.944. The van der Waals surface area contributed by atoms with E-state index in [4.69, 9.17) is 5.11 Å². The van der Waals surface area contributed by atoms with Crippen LogP contribution in [0.25, 0.3) is 0 Å². The van der Waals surface area contributed by atoms with Crippen molar-refractivity contribution in [2.24, 2.45) is 0 Å². The molecular weight excluding hydrogens is 192 g/mol. The average molecular weight is 201 g/mol. The van der Waals surface area contributed by atoms with Crippen LogP contribution in [0.2, 0.25) is 0 Å². The monoisotopic (exact) mass is 201 g/mol. The third-order valence-electron chi connectivity index (χ3n) is 1.67. The van der Waals surface area contributed by atoms with E-state index >= 15 is 0 Å². The lowest BCUT2D eigenvalue weighted by Crippen LogP contribution is -2.26. The maximum Gasteiger partial charge on any atom is 0.245 e. The van der Waals surface area contributed by atoms with E-state index in [-0.39, 0.29) is 12.1 Å². The molecule has 0 saturated carbocycles. The highest BCUT2D eigenvalue weighted by molar-refractivity contribution is 5.76. The maximum absolute atomic E-state index is 13.0. The van der Waals surface area contributed by atoms with E-state index in [2.05, 4.69) is 5.32 Å². The van der Waals surface area contributed by atoms with Gasteiger partial charge >= 0.3 is 0 Å². The van der Waals surface area contributed by atoms with Gasteiger partial charge in [-0.3, -0.25) is 4.79 Å². The molecule has 0 saturated heterocycles. The Balaban J connectivity index is 2.71. The van der Waals surface area contributed by atoms with Gasteiger partial charge in [-0.15, -0.1) is 0 Å². The van der Waals surface area contributed by atoms with Gasteiger partial charge in [-0.05, 0) is 12.1 Å². The number of hydrogen-bond donors (Lipinski definition) is 2. The molecule has 1 aromatic rings. The topological polar surface area (TPSA) is 49.3 Å². The molecule has 0 aliphatic heterocycles. The van der Waals surface area contributed by atoms with Gasteiger partial charge in [-0.1, -0.05) is 6.07 Å². The number of rotatable bonds is 3. The molecule has 0 bridgehead atoms. The van der Waals surface area contributed by atoms with Gasteiger partial charge in [-0.2, -0.15) is 0 Å². The van der Waals surface area contributed by atoms with Crippen molar-refractivity contribution >= 4 is 5.91 Å². The van der Waals surface area contributed by atoms with Crippen molar-refractivity contribution < 1.29 is 18.7 Å². The Morgan fingerprint density at radius 2 is 1.93 bits per heavy atom. The van der Waals surface area contributed by atoms with Gasteiger partial charge in [0.1, 0.15) is 18.2 Å². The third-order valence-corrected chi connectivity index (χ3v) is 1.67. The van der Waals surface area contributed by atoms with E-state index in [1.54, 1.807) is 0 Å². The lowest BCUT2D eigenvalue weighted by atomic mass is 10.2. The fourth-order valence-corrected chi connectivity index (χ4v) is 0.944. The molecule has 76 valence electrons.